The molecule has 2 rings (SSSR count). The number of hydrogen-bond acceptors (Lipinski definition) is 2. The van der Waals surface area contributed by atoms with Crippen molar-refractivity contribution >= 4 is 0 Å². The van der Waals surface area contributed by atoms with E-state index < -0.39 is 0 Å². The molecule has 0 spiro atoms. The predicted molar refractivity (Wildman–Crippen MR) is 91.5 cm³/mol. The van der Waals surface area contributed by atoms with Crippen LogP contribution in [0.5, 0.6) is 0 Å². The minimum Gasteiger partial charge on any atom is -0.311 e. The van der Waals surface area contributed by atoms with Crippen LogP contribution in [0.2, 0.25) is 0 Å². The van der Waals surface area contributed by atoms with E-state index in [9.17, 15) is 0 Å². The maximum absolute atomic E-state index is 3.73. The highest BCUT2D eigenvalue weighted by molar-refractivity contribution is 5.31. The van der Waals surface area contributed by atoms with Gasteiger partial charge >= 0.3 is 0 Å². The van der Waals surface area contributed by atoms with Gasteiger partial charge in [0, 0.05) is 25.2 Å². The first-order chi connectivity index (χ1) is 10.2. The van der Waals surface area contributed by atoms with E-state index in [0.717, 1.165) is 19.5 Å². The van der Waals surface area contributed by atoms with Gasteiger partial charge in [0.1, 0.15) is 0 Å². The second kappa shape index (κ2) is 8.16. The Labute approximate surface area is 129 Å². The van der Waals surface area contributed by atoms with Gasteiger partial charge in [-0.15, -0.1) is 0 Å². The molecule has 114 valence electrons. The van der Waals surface area contributed by atoms with Crippen molar-refractivity contribution in [2.24, 2.45) is 0 Å². The monoisotopic (exact) mass is 284 g/mol. The molecule has 0 radical (unpaired) electrons. The third kappa shape index (κ3) is 4.83. The van der Waals surface area contributed by atoms with E-state index >= 15 is 0 Å². The predicted octanol–water partition coefficient (Wildman–Crippen LogP) is 3.76. The van der Waals surface area contributed by atoms with Crippen LogP contribution in [-0.2, 0) is 6.54 Å². The summed E-state index contributed by atoms with van der Waals surface area (Å²) in [5.41, 5.74) is 2.87. The Bertz CT molecular complexity index is 488. The molecule has 1 aromatic rings. The summed E-state index contributed by atoms with van der Waals surface area (Å²) < 4.78 is 0. The van der Waals surface area contributed by atoms with Gasteiger partial charge in [0.05, 0.1) is 0 Å². The molecular weight excluding hydrogens is 256 g/mol. The van der Waals surface area contributed by atoms with E-state index in [2.05, 4.69) is 80.0 Å². The summed E-state index contributed by atoms with van der Waals surface area (Å²) in [4.78, 5) is 0. The fraction of sp³-hybridized carbons (Fsp3) is 0.474. The summed E-state index contributed by atoms with van der Waals surface area (Å²) in [5, 5.41) is 7.22. The van der Waals surface area contributed by atoms with Crippen LogP contribution in [0, 0.1) is 0 Å². The number of fused-ring (bicyclic) bond motifs is 1. The fourth-order valence-corrected chi connectivity index (χ4v) is 2.94. The third-order valence-electron chi connectivity index (χ3n) is 4.05. The molecule has 0 fully saturated rings. The van der Waals surface area contributed by atoms with Crippen molar-refractivity contribution < 1.29 is 0 Å². The first-order valence-corrected chi connectivity index (χ1v) is 8.04. The van der Waals surface area contributed by atoms with E-state index in [1.54, 1.807) is 0 Å². The van der Waals surface area contributed by atoms with Gasteiger partial charge in [-0.1, -0.05) is 69.3 Å². The van der Waals surface area contributed by atoms with Crippen molar-refractivity contribution in [2.45, 2.75) is 51.7 Å². The molecule has 1 heterocycles. The SMILES string of the molecule is CC(C)NC1C/C=C\C=C/CNCc2ccccc2C1C. The lowest BCUT2D eigenvalue weighted by Gasteiger charge is -2.28. The van der Waals surface area contributed by atoms with Gasteiger partial charge in [-0.3, -0.25) is 0 Å². The second-order valence-electron chi connectivity index (χ2n) is 6.14. The van der Waals surface area contributed by atoms with Gasteiger partial charge < -0.3 is 10.6 Å². The van der Waals surface area contributed by atoms with Crippen LogP contribution in [0.3, 0.4) is 0 Å². The van der Waals surface area contributed by atoms with Crippen LogP contribution in [0.1, 0.15) is 44.2 Å². The average molecular weight is 284 g/mol. The fourth-order valence-electron chi connectivity index (χ4n) is 2.94. The molecule has 1 aliphatic rings. The van der Waals surface area contributed by atoms with Crippen molar-refractivity contribution in [2.75, 3.05) is 6.54 Å². The lowest BCUT2D eigenvalue weighted by atomic mass is 9.87. The molecular formula is C19H28N2. The molecule has 2 N–H and O–H groups in total. The Balaban J connectivity index is 2.29. The first kappa shape index (κ1) is 16.0. The summed E-state index contributed by atoms with van der Waals surface area (Å²) >= 11 is 0. The van der Waals surface area contributed by atoms with Crippen molar-refractivity contribution in [3.05, 3.63) is 59.7 Å². The third-order valence-corrected chi connectivity index (χ3v) is 4.05. The van der Waals surface area contributed by atoms with Gasteiger partial charge in [-0.2, -0.15) is 0 Å². The first-order valence-electron chi connectivity index (χ1n) is 8.04. The van der Waals surface area contributed by atoms with Gasteiger partial charge in [0.2, 0.25) is 0 Å². The summed E-state index contributed by atoms with van der Waals surface area (Å²) in [6.07, 6.45) is 9.81. The molecule has 0 amide bonds. The summed E-state index contributed by atoms with van der Waals surface area (Å²) in [5.74, 6) is 0.499. The summed E-state index contributed by atoms with van der Waals surface area (Å²) in [6.45, 7) is 8.64. The van der Waals surface area contributed by atoms with Crippen molar-refractivity contribution in [3.63, 3.8) is 0 Å². The summed E-state index contributed by atoms with van der Waals surface area (Å²) in [7, 11) is 0. The minimum atomic E-state index is 0.468. The number of rotatable bonds is 2. The topological polar surface area (TPSA) is 24.1 Å². The molecule has 2 atom stereocenters. The molecule has 21 heavy (non-hydrogen) atoms. The smallest absolute Gasteiger partial charge is 0.0211 e. The van der Waals surface area contributed by atoms with Gasteiger partial charge in [0.15, 0.2) is 0 Å². The molecule has 0 aromatic heterocycles. The van der Waals surface area contributed by atoms with E-state index in [-0.39, 0.29) is 0 Å². The van der Waals surface area contributed by atoms with E-state index in [4.69, 9.17) is 0 Å². The van der Waals surface area contributed by atoms with E-state index in [1.807, 2.05) is 0 Å². The standard InChI is InChI=1S/C19H28N2/c1-15(2)21-19-12-6-4-5-9-13-20-14-17-10-7-8-11-18(17)16(19)3/h4-11,15-16,19-21H,12-14H2,1-3H3/b6-4-,9-5-. The lowest BCUT2D eigenvalue weighted by Crippen LogP contribution is -2.38. The number of allylic oxidation sites excluding steroid dienone is 2. The minimum absolute atomic E-state index is 0.468. The number of hydrogen-bond donors (Lipinski definition) is 2. The van der Waals surface area contributed by atoms with E-state index in [0.29, 0.717) is 18.0 Å². The van der Waals surface area contributed by atoms with Crippen LogP contribution in [-0.4, -0.2) is 18.6 Å². The van der Waals surface area contributed by atoms with Crippen LogP contribution >= 0.6 is 0 Å². The highest BCUT2D eigenvalue weighted by atomic mass is 14.9. The molecule has 0 aliphatic carbocycles. The van der Waals surface area contributed by atoms with Gasteiger partial charge in [-0.05, 0) is 23.5 Å². The number of nitrogens with one attached hydrogen (secondary N) is 2. The Kier molecular flexibility index (Phi) is 6.21. The van der Waals surface area contributed by atoms with Gasteiger partial charge in [0.25, 0.3) is 0 Å². The Hall–Kier alpha value is -1.38. The van der Waals surface area contributed by atoms with Crippen LogP contribution in [0.25, 0.3) is 0 Å². The van der Waals surface area contributed by atoms with Crippen molar-refractivity contribution in [3.8, 4) is 0 Å². The Morgan fingerprint density at radius 1 is 1.14 bits per heavy atom. The number of benzene rings is 1. The van der Waals surface area contributed by atoms with Crippen molar-refractivity contribution in [1.29, 1.82) is 0 Å². The Morgan fingerprint density at radius 3 is 2.71 bits per heavy atom. The normalized spacial score (nSPS) is 26.5. The molecule has 1 aromatic carbocycles. The summed E-state index contributed by atoms with van der Waals surface area (Å²) in [6, 6.07) is 9.79. The highest BCUT2D eigenvalue weighted by Crippen LogP contribution is 2.25. The van der Waals surface area contributed by atoms with Crippen molar-refractivity contribution in [1.82, 2.24) is 10.6 Å². The quantitative estimate of drug-likeness (QED) is 0.864. The zero-order valence-electron chi connectivity index (χ0n) is 13.5. The van der Waals surface area contributed by atoms with Gasteiger partial charge in [-0.25, -0.2) is 0 Å². The highest BCUT2D eigenvalue weighted by Gasteiger charge is 2.20. The average Bonchev–Trinajstić information content (AvgIpc) is 2.47. The van der Waals surface area contributed by atoms with Crippen LogP contribution in [0.4, 0.5) is 0 Å². The second-order valence-corrected chi connectivity index (χ2v) is 6.14. The zero-order valence-corrected chi connectivity index (χ0v) is 13.5. The molecule has 2 nitrogen and oxygen atoms in total. The van der Waals surface area contributed by atoms with Crippen LogP contribution < -0.4 is 10.6 Å². The molecule has 0 saturated heterocycles. The lowest BCUT2D eigenvalue weighted by molar-refractivity contribution is 0.414. The maximum atomic E-state index is 3.73. The molecule has 1 aliphatic heterocycles. The molecule has 2 heteroatoms. The molecule has 0 saturated carbocycles. The molecule has 0 bridgehead atoms. The largest absolute Gasteiger partial charge is 0.311 e. The van der Waals surface area contributed by atoms with E-state index in [1.165, 1.54) is 11.1 Å². The van der Waals surface area contributed by atoms with Crippen LogP contribution in [0.15, 0.2) is 48.6 Å². The maximum Gasteiger partial charge on any atom is 0.0211 e. The Morgan fingerprint density at radius 2 is 1.90 bits per heavy atom. The zero-order chi connectivity index (χ0) is 15.1. The molecule has 2 unspecified atom stereocenters.